The van der Waals surface area contributed by atoms with E-state index in [1.54, 1.807) is 19.2 Å². The van der Waals surface area contributed by atoms with E-state index in [4.69, 9.17) is 0 Å². The van der Waals surface area contributed by atoms with Crippen molar-refractivity contribution in [2.45, 2.75) is 6.54 Å². The average Bonchev–Trinajstić information content (AvgIpc) is 2.45. The highest BCUT2D eigenvalue weighted by Crippen LogP contribution is 2.13. The second-order valence-corrected chi connectivity index (χ2v) is 4.11. The molecule has 2 rings (SSSR count). The smallest absolute Gasteiger partial charge is 0.255 e. The first-order chi connectivity index (χ1) is 9.60. The molecule has 1 amide bonds. The first kappa shape index (κ1) is 13.9. The summed E-state index contributed by atoms with van der Waals surface area (Å²) in [5, 5.41) is 5.30. The number of hydrogen-bond acceptors (Lipinski definition) is 3. The Kier molecular flexibility index (Phi) is 4.24. The lowest BCUT2D eigenvalue weighted by Gasteiger charge is -2.09. The quantitative estimate of drug-likeness (QED) is 0.902. The summed E-state index contributed by atoms with van der Waals surface area (Å²) in [7, 11) is 1.59. The fourth-order valence-corrected chi connectivity index (χ4v) is 1.74. The molecule has 2 aromatic rings. The monoisotopic (exact) mass is 277 g/mol. The maximum Gasteiger partial charge on any atom is 0.255 e. The van der Waals surface area contributed by atoms with Gasteiger partial charge in [0.1, 0.15) is 17.5 Å². The number of hydrogen-bond donors (Lipinski definition) is 2. The molecule has 0 unspecified atom stereocenters. The first-order valence-electron chi connectivity index (χ1n) is 5.96. The minimum absolute atomic E-state index is 0.101. The second-order valence-electron chi connectivity index (χ2n) is 4.11. The third-order valence-electron chi connectivity index (χ3n) is 2.68. The van der Waals surface area contributed by atoms with Crippen LogP contribution in [-0.4, -0.2) is 17.9 Å². The molecule has 2 N–H and O–H groups in total. The molecule has 0 bridgehead atoms. The Morgan fingerprint density at radius 2 is 2.05 bits per heavy atom. The molecule has 104 valence electrons. The van der Waals surface area contributed by atoms with Gasteiger partial charge in [-0.05, 0) is 23.8 Å². The lowest BCUT2D eigenvalue weighted by Crippen LogP contribution is -2.24. The molecule has 1 aromatic heterocycles. The Hall–Kier alpha value is -2.50. The Balaban J connectivity index is 2.10. The van der Waals surface area contributed by atoms with E-state index < -0.39 is 11.7 Å². The van der Waals surface area contributed by atoms with Crippen molar-refractivity contribution in [3.8, 4) is 0 Å². The molecule has 0 spiro atoms. The Labute approximate surface area is 114 Å². The molecule has 4 nitrogen and oxygen atoms in total. The molecule has 0 atom stereocenters. The highest BCUT2D eigenvalue weighted by molar-refractivity contribution is 5.98. The number of benzene rings is 1. The lowest BCUT2D eigenvalue weighted by atomic mass is 10.2. The summed E-state index contributed by atoms with van der Waals surface area (Å²) in [6, 6.07) is 6.98. The standard InChI is InChI=1S/C14H13F2N3O/c1-17-13-12(6-11(16)8-18-13)14(20)19-7-9-3-2-4-10(15)5-9/h2-6,8H,7H2,1H3,(H,17,18)(H,19,20). The number of nitrogens with zero attached hydrogens (tertiary/aromatic N) is 1. The van der Waals surface area contributed by atoms with E-state index in [1.807, 2.05) is 0 Å². The van der Waals surface area contributed by atoms with Gasteiger partial charge >= 0.3 is 0 Å². The van der Waals surface area contributed by atoms with Crippen molar-refractivity contribution in [1.29, 1.82) is 0 Å². The zero-order valence-electron chi connectivity index (χ0n) is 10.8. The Morgan fingerprint density at radius 1 is 1.25 bits per heavy atom. The van der Waals surface area contributed by atoms with Gasteiger partial charge in [0.25, 0.3) is 5.91 Å². The number of carbonyl (C=O) groups is 1. The number of rotatable bonds is 4. The van der Waals surface area contributed by atoms with E-state index in [9.17, 15) is 13.6 Å². The van der Waals surface area contributed by atoms with E-state index in [2.05, 4.69) is 15.6 Å². The summed E-state index contributed by atoms with van der Waals surface area (Å²) < 4.78 is 26.1. The van der Waals surface area contributed by atoms with Crippen LogP contribution in [-0.2, 0) is 6.54 Å². The SMILES string of the molecule is CNc1ncc(F)cc1C(=O)NCc1cccc(F)c1. The van der Waals surface area contributed by atoms with Crippen LogP contribution in [0.25, 0.3) is 0 Å². The molecule has 6 heteroatoms. The van der Waals surface area contributed by atoms with Gasteiger partial charge < -0.3 is 10.6 Å². The van der Waals surface area contributed by atoms with Crippen LogP contribution < -0.4 is 10.6 Å². The van der Waals surface area contributed by atoms with Crippen molar-refractivity contribution in [2.24, 2.45) is 0 Å². The van der Waals surface area contributed by atoms with Crippen LogP contribution in [0.5, 0.6) is 0 Å². The van der Waals surface area contributed by atoms with Gasteiger partial charge in [-0.3, -0.25) is 4.79 Å². The number of amides is 1. The van der Waals surface area contributed by atoms with Crippen molar-refractivity contribution in [2.75, 3.05) is 12.4 Å². The van der Waals surface area contributed by atoms with Crippen molar-refractivity contribution < 1.29 is 13.6 Å². The van der Waals surface area contributed by atoms with Crippen LogP contribution in [0.15, 0.2) is 36.5 Å². The molecule has 0 saturated carbocycles. The molecule has 0 aliphatic heterocycles. The van der Waals surface area contributed by atoms with Crippen LogP contribution in [0.4, 0.5) is 14.6 Å². The number of carbonyl (C=O) groups excluding carboxylic acids is 1. The summed E-state index contributed by atoms with van der Waals surface area (Å²) >= 11 is 0. The molecule has 0 saturated heterocycles. The van der Waals surface area contributed by atoms with E-state index >= 15 is 0 Å². The first-order valence-corrected chi connectivity index (χ1v) is 5.96. The highest BCUT2D eigenvalue weighted by atomic mass is 19.1. The van der Waals surface area contributed by atoms with Gasteiger partial charge in [-0.2, -0.15) is 0 Å². The van der Waals surface area contributed by atoms with Gasteiger partial charge in [0, 0.05) is 13.6 Å². The lowest BCUT2D eigenvalue weighted by molar-refractivity contribution is 0.0951. The Bertz CT molecular complexity index is 632. The maximum absolute atomic E-state index is 13.1. The summed E-state index contributed by atoms with van der Waals surface area (Å²) in [6.07, 6.45) is 1.02. The number of aromatic nitrogens is 1. The molecule has 0 aliphatic carbocycles. The van der Waals surface area contributed by atoms with Crippen LogP contribution >= 0.6 is 0 Å². The van der Waals surface area contributed by atoms with Crippen molar-refractivity contribution in [3.05, 3.63) is 59.3 Å². The normalized spacial score (nSPS) is 10.2. The van der Waals surface area contributed by atoms with Gasteiger partial charge in [0.05, 0.1) is 11.8 Å². The molecule has 1 heterocycles. The number of halogens is 2. The van der Waals surface area contributed by atoms with Crippen molar-refractivity contribution in [3.63, 3.8) is 0 Å². The molecule has 0 fully saturated rings. The maximum atomic E-state index is 13.1. The Morgan fingerprint density at radius 3 is 2.75 bits per heavy atom. The number of anilines is 1. The average molecular weight is 277 g/mol. The summed E-state index contributed by atoms with van der Waals surface area (Å²) in [5.74, 6) is -1.17. The summed E-state index contributed by atoms with van der Waals surface area (Å²) in [6.45, 7) is 0.149. The van der Waals surface area contributed by atoms with E-state index in [0.717, 1.165) is 12.3 Å². The fourth-order valence-electron chi connectivity index (χ4n) is 1.74. The summed E-state index contributed by atoms with van der Waals surface area (Å²) in [4.78, 5) is 15.8. The molecular formula is C14H13F2N3O. The van der Waals surface area contributed by atoms with E-state index in [1.165, 1.54) is 12.1 Å². The highest BCUT2D eigenvalue weighted by Gasteiger charge is 2.13. The predicted molar refractivity (Wildman–Crippen MR) is 71.3 cm³/mol. The number of nitrogens with one attached hydrogen (secondary N) is 2. The molecular weight excluding hydrogens is 264 g/mol. The van der Waals surface area contributed by atoms with Gasteiger partial charge in [0.2, 0.25) is 0 Å². The zero-order chi connectivity index (χ0) is 14.5. The molecule has 20 heavy (non-hydrogen) atoms. The van der Waals surface area contributed by atoms with Crippen LogP contribution in [0.3, 0.4) is 0 Å². The van der Waals surface area contributed by atoms with Gasteiger partial charge in [-0.15, -0.1) is 0 Å². The molecule has 0 aliphatic rings. The molecule has 1 aromatic carbocycles. The van der Waals surface area contributed by atoms with E-state index in [0.29, 0.717) is 5.56 Å². The third kappa shape index (κ3) is 3.28. The molecule has 0 radical (unpaired) electrons. The second kappa shape index (κ2) is 6.10. The fraction of sp³-hybridized carbons (Fsp3) is 0.143. The predicted octanol–water partition coefficient (Wildman–Crippen LogP) is 2.33. The van der Waals surface area contributed by atoms with Gasteiger partial charge in [0.15, 0.2) is 0 Å². The minimum Gasteiger partial charge on any atom is -0.372 e. The summed E-state index contributed by atoms with van der Waals surface area (Å²) in [5.41, 5.74) is 0.720. The largest absolute Gasteiger partial charge is 0.372 e. The van der Waals surface area contributed by atoms with Crippen LogP contribution in [0.2, 0.25) is 0 Å². The van der Waals surface area contributed by atoms with Crippen LogP contribution in [0.1, 0.15) is 15.9 Å². The van der Waals surface area contributed by atoms with Gasteiger partial charge in [-0.25, -0.2) is 13.8 Å². The number of pyridine rings is 1. The zero-order valence-corrected chi connectivity index (χ0v) is 10.8. The third-order valence-corrected chi connectivity index (χ3v) is 2.68. The topological polar surface area (TPSA) is 54.0 Å². The van der Waals surface area contributed by atoms with Gasteiger partial charge in [-0.1, -0.05) is 12.1 Å². The van der Waals surface area contributed by atoms with E-state index in [-0.39, 0.29) is 23.7 Å². The van der Waals surface area contributed by atoms with Crippen molar-refractivity contribution in [1.82, 2.24) is 10.3 Å². The minimum atomic E-state index is -0.597. The van der Waals surface area contributed by atoms with Crippen LogP contribution in [0, 0.1) is 11.6 Å². The van der Waals surface area contributed by atoms with Crippen molar-refractivity contribution >= 4 is 11.7 Å².